The van der Waals surface area contributed by atoms with Gasteiger partial charge < -0.3 is 14.8 Å². The van der Waals surface area contributed by atoms with Gasteiger partial charge in [0.05, 0.1) is 37.4 Å². The highest BCUT2D eigenvalue weighted by atomic mass is 16.5. The minimum atomic E-state index is 0.102. The van der Waals surface area contributed by atoms with E-state index in [0.29, 0.717) is 13.2 Å². The number of benzene rings is 1. The first-order valence-corrected chi connectivity index (χ1v) is 7.92. The van der Waals surface area contributed by atoms with E-state index in [1.165, 1.54) is 0 Å². The summed E-state index contributed by atoms with van der Waals surface area (Å²) in [4.78, 5) is 12.9. The average Bonchev–Trinajstić information content (AvgIpc) is 2.95. The van der Waals surface area contributed by atoms with Gasteiger partial charge in [0.25, 0.3) is 0 Å². The minimum absolute atomic E-state index is 0.102. The van der Waals surface area contributed by atoms with Crippen LogP contribution in [0.1, 0.15) is 5.82 Å². The molecule has 2 aromatic rings. The van der Waals surface area contributed by atoms with Crippen LogP contribution in [0.3, 0.4) is 0 Å². The van der Waals surface area contributed by atoms with Gasteiger partial charge in [0.2, 0.25) is 0 Å². The molecule has 120 valence electrons. The van der Waals surface area contributed by atoms with Gasteiger partial charge >= 0.3 is 0 Å². The van der Waals surface area contributed by atoms with Crippen molar-refractivity contribution in [3.63, 3.8) is 0 Å². The maximum atomic E-state index is 8.68. The zero-order valence-electron chi connectivity index (χ0n) is 12.9. The molecule has 1 saturated heterocycles. The molecule has 0 saturated carbocycles. The Kier molecular flexibility index (Phi) is 5.39. The SMILES string of the molecule is OCCOCCN1CCN(Cc2nc3ccccc3[nH]2)CC1. The van der Waals surface area contributed by atoms with Gasteiger partial charge in [0.15, 0.2) is 0 Å². The Hall–Kier alpha value is -1.47. The molecule has 0 bridgehead atoms. The summed E-state index contributed by atoms with van der Waals surface area (Å²) in [5, 5.41) is 8.68. The fourth-order valence-electron chi connectivity index (χ4n) is 2.82. The number of aliphatic hydroxyl groups is 1. The Morgan fingerprint density at radius 3 is 2.64 bits per heavy atom. The Balaban J connectivity index is 1.43. The Morgan fingerprint density at radius 1 is 1.09 bits per heavy atom. The van der Waals surface area contributed by atoms with E-state index in [2.05, 4.69) is 25.8 Å². The molecule has 3 rings (SSSR count). The van der Waals surface area contributed by atoms with Crippen LogP contribution >= 0.6 is 0 Å². The van der Waals surface area contributed by atoms with Crippen molar-refractivity contribution < 1.29 is 9.84 Å². The van der Waals surface area contributed by atoms with Crippen molar-refractivity contribution in [2.45, 2.75) is 6.54 Å². The molecule has 1 aliphatic heterocycles. The van der Waals surface area contributed by atoms with E-state index in [4.69, 9.17) is 9.84 Å². The van der Waals surface area contributed by atoms with Crippen LogP contribution in [0.25, 0.3) is 11.0 Å². The predicted octanol–water partition coefficient (Wildman–Crippen LogP) is 0.689. The lowest BCUT2D eigenvalue weighted by Gasteiger charge is -2.34. The molecule has 6 nitrogen and oxygen atoms in total. The summed E-state index contributed by atoms with van der Waals surface area (Å²) in [6, 6.07) is 8.16. The van der Waals surface area contributed by atoms with Crippen molar-refractivity contribution in [2.24, 2.45) is 0 Å². The molecule has 1 aromatic carbocycles. The van der Waals surface area contributed by atoms with Gasteiger partial charge in [-0.25, -0.2) is 4.98 Å². The first kappa shape index (κ1) is 15.4. The van der Waals surface area contributed by atoms with Gasteiger partial charge in [0.1, 0.15) is 5.82 Å². The van der Waals surface area contributed by atoms with Crippen molar-refractivity contribution >= 4 is 11.0 Å². The number of para-hydroxylation sites is 2. The molecule has 0 aliphatic carbocycles. The van der Waals surface area contributed by atoms with E-state index in [0.717, 1.165) is 56.1 Å². The van der Waals surface area contributed by atoms with Crippen LogP contribution in [0.15, 0.2) is 24.3 Å². The molecule has 0 amide bonds. The van der Waals surface area contributed by atoms with E-state index >= 15 is 0 Å². The monoisotopic (exact) mass is 304 g/mol. The van der Waals surface area contributed by atoms with E-state index < -0.39 is 0 Å². The third-order valence-corrected chi connectivity index (χ3v) is 4.06. The Morgan fingerprint density at radius 2 is 1.86 bits per heavy atom. The molecule has 22 heavy (non-hydrogen) atoms. The standard InChI is InChI=1S/C16H24N4O2/c21-10-12-22-11-9-19-5-7-20(8-6-19)13-16-17-14-3-1-2-4-15(14)18-16/h1-4,21H,5-13H2,(H,17,18). The highest BCUT2D eigenvalue weighted by Crippen LogP contribution is 2.12. The number of hydrogen-bond acceptors (Lipinski definition) is 5. The number of fused-ring (bicyclic) bond motifs is 1. The van der Waals surface area contributed by atoms with Crippen molar-refractivity contribution in [3.05, 3.63) is 30.1 Å². The first-order chi connectivity index (χ1) is 10.8. The summed E-state index contributed by atoms with van der Waals surface area (Å²) >= 11 is 0. The molecule has 2 N–H and O–H groups in total. The number of rotatable bonds is 7. The van der Waals surface area contributed by atoms with Crippen molar-refractivity contribution in [1.82, 2.24) is 19.8 Å². The smallest absolute Gasteiger partial charge is 0.121 e. The quantitative estimate of drug-likeness (QED) is 0.737. The van der Waals surface area contributed by atoms with Gasteiger partial charge in [-0.3, -0.25) is 9.80 Å². The number of imidazole rings is 1. The third kappa shape index (κ3) is 4.04. The fraction of sp³-hybridized carbons (Fsp3) is 0.562. The molecule has 0 unspecified atom stereocenters. The number of piperazine rings is 1. The largest absolute Gasteiger partial charge is 0.394 e. The summed E-state index contributed by atoms with van der Waals surface area (Å²) in [6.45, 7) is 7.28. The molecule has 0 spiro atoms. The van der Waals surface area contributed by atoms with Crippen LogP contribution in [-0.4, -0.2) is 77.4 Å². The number of nitrogens with zero attached hydrogens (tertiary/aromatic N) is 3. The molecular weight excluding hydrogens is 280 g/mol. The average molecular weight is 304 g/mol. The molecule has 1 fully saturated rings. The van der Waals surface area contributed by atoms with E-state index in [9.17, 15) is 0 Å². The van der Waals surface area contributed by atoms with E-state index in [1.807, 2.05) is 18.2 Å². The summed E-state index contributed by atoms with van der Waals surface area (Å²) < 4.78 is 5.32. The van der Waals surface area contributed by atoms with Gasteiger partial charge in [-0.2, -0.15) is 0 Å². The molecular formula is C16H24N4O2. The van der Waals surface area contributed by atoms with Gasteiger partial charge in [0, 0.05) is 32.7 Å². The zero-order chi connectivity index (χ0) is 15.2. The Labute approximate surface area is 130 Å². The lowest BCUT2D eigenvalue weighted by Crippen LogP contribution is -2.46. The third-order valence-electron chi connectivity index (χ3n) is 4.06. The Bertz CT molecular complexity index is 545. The lowest BCUT2D eigenvalue weighted by atomic mass is 10.3. The lowest BCUT2D eigenvalue weighted by molar-refractivity contribution is 0.0560. The second-order valence-electron chi connectivity index (χ2n) is 5.65. The first-order valence-electron chi connectivity index (χ1n) is 7.92. The van der Waals surface area contributed by atoms with Crippen molar-refractivity contribution in [1.29, 1.82) is 0 Å². The number of aliphatic hydroxyl groups excluding tert-OH is 1. The molecule has 1 aliphatic rings. The molecule has 0 radical (unpaired) electrons. The van der Waals surface area contributed by atoms with Crippen LogP contribution in [0.4, 0.5) is 0 Å². The fourth-order valence-corrected chi connectivity index (χ4v) is 2.82. The van der Waals surface area contributed by atoms with Gasteiger partial charge in [-0.15, -0.1) is 0 Å². The maximum absolute atomic E-state index is 8.68. The number of aromatic nitrogens is 2. The summed E-state index contributed by atoms with van der Waals surface area (Å²) in [6.07, 6.45) is 0. The van der Waals surface area contributed by atoms with Crippen LogP contribution in [0.5, 0.6) is 0 Å². The highest BCUT2D eigenvalue weighted by molar-refractivity contribution is 5.74. The summed E-state index contributed by atoms with van der Waals surface area (Å²) in [5.74, 6) is 1.04. The zero-order valence-corrected chi connectivity index (χ0v) is 12.9. The van der Waals surface area contributed by atoms with E-state index in [-0.39, 0.29) is 6.61 Å². The van der Waals surface area contributed by atoms with Crippen LogP contribution in [-0.2, 0) is 11.3 Å². The van der Waals surface area contributed by atoms with E-state index in [1.54, 1.807) is 0 Å². The van der Waals surface area contributed by atoms with Crippen LogP contribution < -0.4 is 0 Å². The van der Waals surface area contributed by atoms with Crippen LogP contribution in [0.2, 0.25) is 0 Å². The second kappa shape index (κ2) is 7.69. The summed E-state index contributed by atoms with van der Waals surface area (Å²) in [5.41, 5.74) is 2.15. The predicted molar refractivity (Wildman–Crippen MR) is 85.7 cm³/mol. The molecule has 0 atom stereocenters. The normalized spacial score (nSPS) is 17.3. The van der Waals surface area contributed by atoms with Gasteiger partial charge in [-0.05, 0) is 12.1 Å². The summed E-state index contributed by atoms with van der Waals surface area (Å²) in [7, 11) is 0. The van der Waals surface area contributed by atoms with Crippen LogP contribution in [0, 0.1) is 0 Å². The highest BCUT2D eigenvalue weighted by Gasteiger charge is 2.17. The van der Waals surface area contributed by atoms with Crippen molar-refractivity contribution in [3.8, 4) is 0 Å². The number of hydrogen-bond donors (Lipinski definition) is 2. The topological polar surface area (TPSA) is 64.6 Å². The minimum Gasteiger partial charge on any atom is -0.394 e. The van der Waals surface area contributed by atoms with Crippen molar-refractivity contribution in [2.75, 3.05) is 52.5 Å². The maximum Gasteiger partial charge on any atom is 0.121 e. The molecule has 2 heterocycles. The number of nitrogens with one attached hydrogen (secondary N) is 1. The molecule has 1 aromatic heterocycles. The second-order valence-corrected chi connectivity index (χ2v) is 5.65. The number of aromatic amines is 1. The number of H-pyrrole nitrogens is 1. The molecule has 6 heteroatoms. The van der Waals surface area contributed by atoms with Gasteiger partial charge in [-0.1, -0.05) is 12.1 Å². The number of ether oxygens (including phenoxy) is 1.